The number of fused-ring (bicyclic) bond motifs is 1. The van der Waals surface area contributed by atoms with Crippen LogP contribution >= 0.6 is 11.3 Å². The summed E-state index contributed by atoms with van der Waals surface area (Å²) in [5.74, 6) is 1.68. The van der Waals surface area contributed by atoms with Gasteiger partial charge in [0.25, 0.3) is 0 Å². The van der Waals surface area contributed by atoms with Gasteiger partial charge in [-0.1, -0.05) is 0 Å². The molecule has 3 aromatic rings. The summed E-state index contributed by atoms with van der Waals surface area (Å²) in [6.45, 7) is 4.31. The minimum absolute atomic E-state index is 0.193. The molecule has 1 aliphatic heterocycles. The third-order valence-electron chi connectivity index (χ3n) is 5.78. The number of carbonyl (C=O) groups is 1. The molecule has 6 nitrogen and oxygen atoms in total. The van der Waals surface area contributed by atoms with Crippen molar-refractivity contribution in [2.45, 2.75) is 51.6 Å². The van der Waals surface area contributed by atoms with Crippen LogP contribution in [0.4, 0.5) is 0 Å². The third-order valence-corrected chi connectivity index (χ3v) is 6.67. The number of thiazole rings is 1. The zero-order valence-corrected chi connectivity index (χ0v) is 18.2. The molecule has 2 aromatic heterocycles. The Kier molecular flexibility index (Phi) is 5.50. The van der Waals surface area contributed by atoms with Gasteiger partial charge in [-0.3, -0.25) is 9.20 Å². The number of piperidine rings is 1. The van der Waals surface area contributed by atoms with E-state index in [0.29, 0.717) is 18.5 Å². The standard InChI is InChI=1S/C22H27N3O3S/c1-14-6-5-7-15(2)25(14)21(26)10-16-13-29-22-23-19(12-24(16)22)18-11-17(27-3)8-9-20(18)28-4/h8-9,11-15H,5-7,10H2,1-4H3. The number of imidazole rings is 1. The number of aromatic nitrogens is 2. The number of hydrogen-bond acceptors (Lipinski definition) is 5. The molecule has 2 unspecified atom stereocenters. The summed E-state index contributed by atoms with van der Waals surface area (Å²) in [5.41, 5.74) is 2.65. The molecule has 3 heterocycles. The molecular formula is C22H27N3O3S. The van der Waals surface area contributed by atoms with Crippen molar-refractivity contribution >= 4 is 22.2 Å². The molecular weight excluding hydrogens is 386 g/mol. The van der Waals surface area contributed by atoms with Gasteiger partial charge < -0.3 is 14.4 Å². The van der Waals surface area contributed by atoms with Crippen molar-refractivity contribution in [2.24, 2.45) is 0 Å². The van der Waals surface area contributed by atoms with Crippen molar-refractivity contribution in [1.29, 1.82) is 0 Å². The molecule has 0 N–H and O–H groups in total. The van der Waals surface area contributed by atoms with Gasteiger partial charge in [0.2, 0.25) is 5.91 Å². The average Bonchev–Trinajstić information content (AvgIpc) is 3.29. The van der Waals surface area contributed by atoms with E-state index in [1.165, 1.54) is 6.42 Å². The monoisotopic (exact) mass is 413 g/mol. The molecule has 0 bridgehead atoms. The van der Waals surface area contributed by atoms with E-state index in [1.807, 2.05) is 34.2 Å². The van der Waals surface area contributed by atoms with Crippen molar-refractivity contribution in [2.75, 3.05) is 14.2 Å². The largest absolute Gasteiger partial charge is 0.497 e. The first-order valence-corrected chi connectivity index (χ1v) is 10.9. The molecule has 4 rings (SSSR count). The lowest BCUT2D eigenvalue weighted by Crippen LogP contribution is -2.48. The van der Waals surface area contributed by atoms with E-state index in [4.69, 9.17) is 14.5 Å². The number of nitrogens with zero attached hydrogens (tertiary/aromatic N) is 3. The Balaban J connectivity index is 1.64. The highest BCUT2D eigenvalue weighted by atomic mass is 32.1. The molecule has 0 saturated carbocycles. The van der Waals surface area contributed by atoms with Crippen LogP contribution < -0.4 is 9.47 Å². The summed E-state index contributed by atoms with van der Waals surface area (Å²) in [7, 11) is 3.29. The van der Waals surface area contributed by atoms with Crippen LogP contribution in [0, 0.1) is 0 Å². The Morgan fingerprint density at radius 3 is 2.66 bits per heavy atom. The lowest BCUT2D eigenvalue weighted by Gasteiger charge is -2.39. The number of likely N-dealkylation sites (tertiary alicyclic amines) is 1. The zero-order valence-electron chi connectivity index (χ0n) is 17.3. The molecule has 7 heteroatoms. The first-order chi connectivity index (χ1) is 14.0. The van der Waals surface area contributed by atoms with E-state index in [1.54, 1.807) is 25.6 Å². The van der Waals surface area contributed by atoms with Crippen molar-refractivity contribution in [3.05, 3.63) is 35.5 Å². The van der Waals surface area contributed by atoms with Gasteiger partial charge in [-0.05, 0) is 51.3 Å². The zero-order chi connectivity index (χ0) is 20.5. The highest BCUT2D eigenvalue weighted by molar-refractivity contribution is 7.15. The Morgan fingerprint density at radius 1 is 1.21 bits per heavy atom. The summed E-state index contributed by atoms with van der Waals surface area (Å²) in [5, 5.41) is 2.03. The number of rotatable bonds is 5. The highest BCUT2D eigenvalue weighted by Crippen LogP contribution is 2.34. The molecule has 1 aliphatic rings. The van der Waals surface area contributed by atoms with Crippen LogP contribution in [0.1, 0.15) is 38.8 Å². The number of ether oxygens (including phenoxy) is 2. The first kappa shape index (κ1) is 19.8. The molecule has 2 atom stereocenters. The summed E-state index contributed by atoms with van der Waals surface area (Å²) >= 11 is 1.55. The predicted molar refractivity (Wildman–Crippen MR) is 115 cm³/mol. The molecule has 0 spiro atoms. The molecule has 1 fully saturated rings. The van der Waals surface area contributed by atoms with Crippen LogP contribution in [0.2, 0.25) is 0 Å². The van der Waals surface area contributed by atoms with Crippen LogP contribution in [0.15, 0.2) is 29.8 Å². The second kappa shape index (κ2) is 8.06. The van der Waals surface area contributed by atoms with Gasteiger partial charge in [0, 0.05) is 34.9 Å². The minimum Gasteiger partial charge on any atom is -0.497 e. The van der Waals surface area contributed by atoms with Gasteiger partial charge in [0.05, 0.1) is 26.3 Å². The van der Waals surface area contributed by atoms with Crippen LogP contribution in [0.3, 0.4) is 0 Å². The average molecular weight is 414 g/mol. The molecule has 29 heavy (non-hydrogen) atoms. The fourth-order valence-corrected chi connectivity index (χ4v) is 5.13. The summed E-state index contributed by atoms with van der Waals surface area (Å²) in [6.07, 6.45) is 5.73. The molecule has 0 radical (unpaired) electrons. The Morgan fingerprint density at radius 2 is 1.97 bits per heavy atom. The molecule has 154 valence electrons. The Labute approximate surface area is 175 Å². The van der Waals surface area contributed by atoms with E-state index < -0.39 is 0 Å². The Hall–Kier alpha value is -2.54. The third kappa shape index (κ3) is 3.71. The second-order valence-corrected chi connectivity index (χ2v) is 8.52. The maximum atomic E-state index is 13.1. The van der Waals surface area contributed by atoms with Crippen LogP contribution in [0.25, 0.3) is 16.2 Å². The van der Waals surface area contributed by atoms with Crippen LogP contribution in [-0.2, 0) is 11.2 Å². The molecule has 0 aliphatic carbocycles. The van der Waals surface area contributed by atoms with Crippen molar-refractivity contribution in [3.8, 4) is 22.8 Å². The molecule has 1 aromatic carbocycles. The predicted octanol–water partition coefficient (Wildman–Crippen LogP) is 4.41. The van der Waals surface area contributed by atoms with Crippen molar-refractivity contribution in [3.63, 3.8) is 0 Å². The van der Waals surface area contributed by atoms with E-state index in [0.717, 1.165) is 46.3 Å². The van der Waals surface area contributed by atoms with E-state index in [2.05, 4.69) is 18.7 Å². The van der Waals surface area contributed by atoms with Gasteiger partial charge in [0.15, 0.2) is 4.96 Å². The van der Waals surface area contributed by atoms with Crippen molar-refractivity contribution < 1.29 is 14.3 Å². The normalized spacial score (nSPS) is 19.5. The Bertz CT molecular complexity index is 1020. The minimum atomic E-state index is 0.193. The van der Waals surface area contributed by atoms with Crippen LogP contribution in [-0.4, -0.2) is 46.5 Å². The highest BCUT2D eigenvalue weighted by Gasteiger charge is 2.29. The number of hydrogen-bond donors (Lipinski definition) is 0. The molecule has 1 saturated heterocycles. The SMILES string of the molecule is COc1ccc(OC)c(-c2cn3c(CC(=O)N4C(C)CCCC4C)csc3n2)c1. The maximum Gasteiger partial charge on any atom is 0.229 e. The number of amides is 1. The lowest BCUT2D eigenvalue weighted by atomic mass is 9.97. The lowest BCUT2D eigenvalue weighted by molar-refractivity contribution is -0.136. The fourth-order valence-electron chi connectivity index (χ4n) is 4.26. The van der Waals surface area contributed by atoms with Gasteiger partial charge in [-0.2, -0.15) is 0 Å². The smallest absolute Gasteiger partial charge is 0.229 e. The quantitative estimate of drug-likeness (QED) is 0.622. The second-order valence-electron chi connectivity index (χ2n) is 7.68. The fraction of sp³-hybridized carbons (Fsp3) is 0.455. The molecule has 1 amide bonds. The van der Waals surface area contributed by atoms with Gasteiger partial charge in [0.1, 0.15) is 11.5 Å². The maximum absolute atomic E-state index is 13.1. The van der Waals surface area contributed by atoms with Gasteiger partial charge >= 0.3 is 0 Å². The number of benzene rings is 1. The van der Waals surface area contributed by atoms with E-state index >= 15 is 0 Å². The number of methoxy groups -OCH3 is 2. The number of carbonyl (C=O) groups excluding carboxylic acids is 1. The van der Waals surface area contributed by atoms with Gasteiger partial charge in [-0.15, -0.1) is 11.3 Å². The van der Waals surface area contributed by atoms with E-state index in [9.17, 15) is 4.79 Å². The van der Waals surface area contributed by atoms with Gasteiger partial charge in [-0.25, -0.2) is 4.98 Å². The topological polar surface area (TPSA) is 56.1 Å². The van der Waals surface area contributed by atoms with Crippen molar-refractivity contribution in [1.82, 2.24) is 14.3 Å². The summed E-state index contributed by atoms with van der Waals surface area (Å²) in [4.78, 5) is 20.7. The van der Waals surface area contributed by atoms with E-state index in [-0.39, 0.29) is 5.91 Å². The van der Waals surface area contributed by atoms with Crippen LogP contribution in [0.5, 0.6) is 11.5 Å². The summed E-state index contributed by atoms with van der Waals surface area (Å²) in [6, 6.07) is 6.28. The summed E-state index contributed by atoms with van der Waals surface area (Å²) < 4.78 is 12.9. The first-order valence-electron chi connectivity index (χ1n) is 10.0.